The smallest absolute Gasteiger partial charge is 0.256 e. The van der Waals surface area contributed by atoms with Crippen LogP contribution >= 0.6 is 0 Å². The number of carbonyl (C=O) groups excluding carboxylic acids is 4. The molecule has 2 aliphatic rings. The largest absolute Gasteiger partial charge is 0.327 e. The number of benzene rings is 2. The summed E-state index contributed by atoms with van der Waals surface area (Å²) in [5, 5.41) is 5.93. The van der Waals surface area contributed by atoms with Crippen molar-refractivity contribution in [3.63, 3.8) is 0 Å². The fourth-order valence-electron chi connectivity index (χ4n) is 6.29. The number of anilines is 2. The number of nitrogens with one attached hydrogen (secondary N) is 2. The Balaban J connectivity index is 1.02. The third-order valence-electron chi connectivity index (χ3n) is 8.93. The van der Waals surface area contributed by atoms with Gasteiger partial charge in [-0.2, -0.15) is 0 Å². The zero-order valence-corrected chi connectivity index (χ0v) is 27.1. The standard InChI is InChI=1S/C38H38N6O4/c1-25-31(7-3-21-39-25)37(47)43-23-5-9-33(43)35(45)41-29-17-13-27(14-18-29)11-12-28-15-19-30(20-16-28)42-36(46)34-10-6-24-44(34)38(48)32-8-4-22-40-26(32)2/h3-4,7-8,11-22,33-34H,5-6,9-10,23-24H2,1-2H3,(H,41,45)(H,42,46)/b12-11+/t33-,34-/m0/s1. The second-order valence-electron chi connectivity index (χ2n) is 12.1. The molecule has 2 saturated heterocycles. The van der Waals surface area contributed by atoms with Crippen LogP contribution in [-0.4, -0.2) is 68.6 Å². The Morgan fingerprint density at radius 2 is 1.02 bits per heavy atom. The molecule has 2 N–H and O–H groups in total. The molecule has 2 fully saturated rings. The molecule has 2 aromatic heterocycles. The molecule has 4 heterocycles. The zero-order valence-electron chi connectivity index (χ0n) is 27.1. The van der Waals surface area contributed by atoms with E-state index in [1.165, 1.54) is 0 Å². The summed E-state index contributed by atoms with van der Waals surface area (Å²) >= 11 is 0. The van der Waals surface area contributed by atoms with Crippen molar-refractivity contribution in [1.82, 2.24) is 19.8 Å². The lowest BCUT2D eigenvalue weighted by atomic mass is 10.1. The second kappa shape index (κ2) is 14.4. The zero-order chi connectivity index (χ0) is 33.6. The molecule has 0 radical (unpaired) electrons. The first-order chi connectivity index (χ1) is 23.3. The van der Waals surface area contributed by atoms with Gasteiger partial charge in [0.25, 0.3) is 11.8 Å². The van der Waals surface area contributed by atoms with Crippen LogP contribution in [-0.2, 0) is 9.59 Å². The number of hydrogen-bond donors (Lipinski definition) is 2. The predicted octanol–water partition coefficient (Wildman–Crippen LogP) is 5.75. The molecule has 0 spiro atoms. The quantitative estimate of drug-likeness (QED) is 0.236. The number of rotatable bonds is 8. The van der Waals surface area contributed by atoms with Crippen molar-refractivity contribution < 1.29 is 19.2 Å². The van der Waals surface area contributed by atoms with Crippen molar-refractivity contribution in [3.05, 3.63) is 119 Å². The van der Waals surface area contributed by atoms with Gasteiger partial charge < -0.3 is 20.4 Å². The van der Waals surface area contributed by atoms with Crippen LogP contribution in [0.25, 0.3) is 12.2 Å². The highest BCUT2D eigenvalue weighted by atomic mass is 16.2. The molecule has 48 heavy (non-hydrogen) atoms. The molecule has 0 aliphatic carbocycles. The molecule has 10 heteroatoms. The van der Waals surface area contributed by atoms with Crippen molar-refractivity contribution in [2.24, 2.45) is 0 Å². The summed E-state index contributed by atoms with van der Waals surface area (Å²) in [5.41, 5.74) is 5.56. The van der Waals surface area contributed by atoms with Crippen LogP contribution in [0.1, 0.15) is 68.9 Å². The van der Waals surface area contributed by atoms with Gasteiger partial charge in [0.2, 0.25) is 11.8 Å². The van der Waals surface area contributed by atoms with Gasteiger partial charge in [-0.05, 0) is 99.2 Å². The normalized spacial score (nSPS) is 17.5. The van der Waals surface area contributed by atoms with Gasteiger partial charge in [-0.25, -0.2) is 0 Å². The molecule has 2 aliphatic heterocycles. The van der Waals surface area contributed by atoms with E-state index in [0.717, 1.165) is 24.0 Å². The topological polar surface area (TPSA) is 125 Å². The van der Waals surface area contributed by atoms with Crippen LogP contribution in [0.5, 0.6) is 0 Å². The van der Waals surface area contributed by atoms with Gasteiger partial charge in [0.15, 0.2) is 0 Å². The lowest BCUT2D eigenvalue weighted by Gasteiger charge is -2.24. The van der Waals surface area contributed by atoms with Crippen LogP contribution in [0.3, 0.4) is 0 Å². The summed E-state index contributed by atoms with van der Waals surface area (Å²) in [6, 6.07) is 20.9. The van der Waals surface area contributed by atoms with Gasteiger partial charge in [-0.3, -0.25) is 29.1 Å². The summed E-state index contributed by atoms with van der Waals surface area (Å²) in [5.74, 6) is -0.738. The Bertz CT molecular complexity index is 1720. The first-order valence-corrected chi connectivity index (χ1v) is 16.2. The van der Waals surface area contributed by atoms with E-state index in [9.17, 15) is 19.2 Å². The van der Waals surface area contributed by atoms with E-state index in [0.29, 0.717) is 59.8 Å². The van der Waals surface area contributed by atoms with Crippen LogP contribution < -0.4 is 10.6 Å². The van der Waals surface area contributed by atoms with Crippen molar-refractivity contribution in [1.29, 1.82) is 0 Å². The third-order valence-corrected chi connectivity index (χ3v) is 8.93. The van der Waals surface area contributed by atoms with E-state index in [1.807, 2.05) is 60.7 Å². The number of carbonyl (C=O) groups is 4. The monoisotopic (exact) mass is 642 g/mol. The minimum atomic E-state index is -0.528. The number of aryl methyl sites for hydroxylation is 2. The Morgan fingerprint density at radius 3 is 1.40 bits per heavy atom. The minimum Gasteiger partial charge on any atom is -0.327 e. The third kappa shape index (κ3) is 7.17. The van der Waals surface area contributed by atoms with E-state index in [-0.39, 0.29) is 23.6 Å². The molecule has 4 amide bonds. The number of hydrogen-bond acceptors (Lipinski definition) is 6. The Morgan fingerprint density at radius 1 is 0.625 bits per heavy atom. The molecule has 0 bridgehead atoms. The van der Waals surface area contributed by atoms with Gasteiger partial charge in [0.05, 0.1) is 11.1 Å². The van der Waals surface area contributed by atoms with E-state index in [1.54, 1.807) is 60.3 Å². The molecule has 2 atom stereocenters. The highest BCUT2D eigenvalue weighted by molar-refractivity contribution is 6.03. The highest BCUT2D eigenvalue weighted by Gasteiger charge is 2.36. The van der Waals surface area contributed by atoms with E-state index in [2.05, 4.69) is 20.6 Å². The average molecular weight is 643 g/mol. The molecule has 0 unspecified atom stereocenters. The highest BCUT2D eigenvalue weighted by Crippen LogP contribution is 2.25. The summed E-state index contributed by atoms with van der Waals surface area (Å²) < 4.78 is 0. The molecular weight excluding hydrogens is 604 g/mol. The number of nitrogens with zero attached hydrogens (tertiary/aromatic N) is 4. The van der Waals surface area contributed by atoms with Crippen molar-refractivity contribution in [3.8, 4) is 0 Å². The summed E-state index contributed by atoms with van der Waals surface area (Å²) in [4.78, 5) is 64.3. The van der Waals surface area contributed by atoms with E-state index in [4.69, 9.17) is 0 Å². The molecule has 10 nitrogen and oxygen atoms in total. The van der Waals surface area contributed by atoms with Gasteiger partial charge in [0, 0.05) is 48.2 Å². The molecule has 6 rings (SSSR count). The fourth-order valence-corrected chi connectivity index (χ4v) is 6.29. The van der Waals surface area contributed by atoms with Gasteiger partial charge in [0.1, 0.15) is 12.1 Å². The average Bonchev–Trinajstić information content (AvgIpc) is 3.80. The van der Waals surface area contributed by atoms with E-state index < -0.39 is 12.1 Å². The SMILES string of the molecule is Cc1ncccc1C(=O)N1CCC[C@H]1C(=O)Nc1ccc(/C=C/c2ccc(NC(=O)[C@@H]3CCCN3C(=O)c3cccnc3C)cc2)cc1. The second-order valence-corrected chi connectivity index (χ2v) is 12.1. The first-order valence-electron chi connectivity index (χ1n) is 16.2. The van der Waals surface area contributed by atoms with Gasteiger partial charge in [-0.1, -0.05) is 36.4 Å². The van der Waals surface area contributed by atoms with Crippen molar-refractivity contribution in [2.75, 3.05) is 23.7 Å². The number of likely N-dealkylation sites (tertiary alicyclic amines) is 2. The first kappa shape index (κ1) is 32.3. The van der Waals surface area contributed by atoms with Crippen LogP contribution in [0, 0.1) is 13.8 Å². The maximum absolute atomic E-state index is 13.1. The molecule has 4 aromatic rings. The summed E-state index contributed by atoms with van der Waals surface area (Å²) in [6.07, 6.45) is 10.0. The van der Waals surface area contributed by atoms with Crippen LogP contribution in [0.2, 0.25) is 0 Å². The van der Waals surface area contributed by atoms with Gasteiger partial charge in [-0.15, -0.1) is 0 Å². The molecule has 2 aromatic carbocycles. The molecule has 0 saturated carbocycles. The lowest BCUT2D eigenvalue weighted by molar-refractivity contribution is -0.120. The van der Waals surface area contributed by atoms with Crippen molar-refractivity contribution >= 4 is 47.2 Å². The van der Waals surface area contributed by atoms with Crippen LogP contribution in [0.15, 0.2) is 85.2 Å². The summed E-state index contributed by atoms with van der Waals surface area (Å²) in [7, 11) is 0. The van der Waals surface area contributed by atoms with Crippen molar-refractivity contribution in [2.45, 2.75) is 51.6 Å². The number of aromatic nitrogens is 2. The van der Waals surface area contributed by atoms with Gasteiger partial charge >= 0.3 is 0 Å². The maximum atomic E-state index is 13.1. The van der Waals surface area contributed by atoms with Crippen LogP contribution in [0.4, 0.5) is 11.4 Å². The number of amides is 4. The Labute approximate surface area is 279 Å². The fraction of sp³-hybridized carbons (Fsp3) is 0.263. The predicted molar refractivity (Wildman–Crippen MR) is 185 cm³/mol. The minimum absolute atomic E-state index is 0.169. The van der Waals surface area contributed by atoms with E-state index >= 15 is 0 Å². The maximum Gasteiger partial charge on any atom is 0.256 e. The number of pyridine rings is 2. The summed E-state index contributed by atoms with van der Waals surface area (Å²) in [6.45, 7) is 4.67. The Hall–Kier alpha value is -5.64. The molecular formula is C38H38N6O4. The molecule has 244 valence electrons. The Kier molecular flexibility index (Phi) is 9.70. The lowest BCUT2D eigenvalue weighted by Crippen LogP contribution is -2.43.